The highest BCUT2D eigenvalue weighted by molar-refractivity contribution is 9.10. The molecule has 0 aromatic heterocycles. The van der Waals surface area contributed by atoms with Gasteiger partial charge in [0, 0.05) is 21.2 Å². The summed E-state index contributed by atoms with van der Waals surface area (Å²) in [6.45, 7) is 6.51. The molecule has 0 aliphatic heterocycles. The van der Waals surface area contributed by atoms with E-state index in [2.05, 4.69) is 65.1 Å². The molecule has 0 spiro atoms. The summed E-state index contributed by atoms with van der Waals surface area (Å²) in [7, 11) is 0. The predicted octanol–water partition coefficient (Wildman–Crippen LogP) is 5.23. The van der Waals surface area contributed by atoms with Crippen LogP contribution in [0.4, 0.5) is 0 Å². The largest absolute Gasteiger partial charge is 0.313 e. The molecule has 2 atom stereocenters. The van der Waals surface area contributed by atoms with Gasteiger partial charge in [-0.05, 0) is 58.9 Å². The highest BCUT2D eigenvalue weighted by atomic mass is 79.9. The van der Waals surface area contributed by atoms with Crippen molar-refractivity contribution in [2.75, 3.05) is 6.54 Å². The van der Waals surface area contributed by atoms with E-state index in [1.807, 2.05) is 0 Å². The van der Waals surface area contributed by atoms with Crippen LogP contribution in [-0.4, -0.2) is 11.8 Å². The van der Waals surface area contributed by atoms with E-state index in [-0.39, 0.29) is 0 Å². The predicted molar refractivity (Wildman–Crippen MR) is 88.8 cm³/mol. The van der Waals surface area contributed by atoms with E-state index in [1.165, 1.54) is 40.6 Å². The highest BCUT2D eigenvalue weighted by Crippen LogP contribution is 2.39. The van der Waals surface area contributed by atoms with Crippen molar-refractivity contribution in [1.29, 1.82) is 0 Å². The maximum atomic E-state index is 3.73. The van der Waals surface area contributed by atoms with E-state index in [1.54, 1.807) is 0 Å². The van der Waals surface area contributed by atoms with Gasteiger partial charge in [-0.2, -0.15) is 0 Å². The second-order valence-electron chi connectivity index (χ2n) is 5.56. The summed E-state index contributed by atoms with van der Waals surface area (Å²) in [4.78, 5) is 1.40. The average Bonchev–Trinajstić information content (AvgIpc) is 2.39. The number of benzene rings is 1. The lowest BCUT2D eigenvalue weighted by molar-refractivity contribution is 0.394. The quantitative estimate of drug-likeness (QED) is 0.786. The van der Waals surface area contributed by atoms with Crippen molar-refractivity contribution in [2.24, 2.45) is 5.92 Å². The second kappa shape index (κ2) is 7.70. The van der Waals surface area contributed by atoms with Gasteiger partial charge >= 0.3 is 0 Å². The molecule has 1 aromatic rings. The summed E-state index contributed by atoms with van der Waals surface area (Å²) in [5, 5.41) is 4.18. The first kappa shape index (κ1) is 15.4. The van der Waals surface area contributed by atoms with Gasteiger partial charge in [0.15, 0.2) is 0 Å². The summed E-state index contributed by atoms with van der Waals surface area (Å²) < 4.78 is 1.26. The molecule has 2 unspecified atom stereocenters. The van der Waals surface area contributed by atoms with Crippen LogP contribution in [-0.2, 0) is 6.54 Å². The standard InChI is InChI=1S/C16H24BrNS/c1-3-18-11-13-7-8-16(15(17)10-13)19-14-6-4-5-12(2)9-14/h7-8,10,12,14,18H,3-6,9,11H2,1-2H3. The first-order chi connectivity index (χ1) is 9.19. The van der Waals surface area contributed by atoms with Crippen LogP contribution in [0.1, 0.15) is 45.1 Å². The lowest BCUT2D eigenvalue weighted by atomic mass is 9.91. The van der Waals surface area contributed by atoms with Gasteiger partial charge in [0.05, 0.1) is 0 Å². The Morgan fingerprint density at radius 2 is 2.21 bits per heavy atom. The van der Waals surface area contributed by atoms with E-state index < -0.39 is 0 Å². The second-order valence-corrected chi connectivity index (χ2v) is 7.75. The molecule has 0 radical (unpaired) electrons. The number of nitrogens with one attached hydrogen (secondary N) is 1. The molecule has 0 bridgehead atoms. The molecule has 1 fully saturated rings. The fraction of sp³-hybridized carbons (Fsp3) is 0.625. The third kappa shape index (κ3) is 4.80. The minimum atomic E-state index is 0.805. The van der Waals surface area contributed by atoms with Crippen LogP contribution in [0.5, 0.6) is 0 Å². The van der Waals surface area contributed by atoms with Crippen LogP contribution < -0.4 is 5.32 Å². The molecular weight excluding hydrogens is 318 g/mol. The molecule has 1 aromatic carbocycles. The maximum absolute atomic E-state index is 3.73. The van der Waals surface area contributed by atoms with Crippen LogP contribution in [0.15, 0.2) is 27.6 Å². The fourth-order valence-corrected chi connectivity index (χ4v) is 4.78. The number of hydrogen-bond acceptors (Lipinski definition) is 2. The first-order valence-corrected chi connectivity index (χ1v) is 9.02. The zero-order valence-corrected chi connectivity index (χ0v) is 14.3. The number of halogens is 1. The Labute approximate surface area is 130 Å². The molecule has 1 aliphatic rings. The number of hydrogen-bond donors (Lipinski definition) is 1. The van der Waals surface area contributed by atoms with Crippen molar-refractivity contribution in [3.8, 4) is 0 Å². The molecule has 0 heterocycles. The van der Waals surface area contributed by atoms with Gasteiger partial charge in [-0.1, -0.05) is 32.8 Å². The van der Waals surface area contributed by atoms with Crippen molar-refractivity contribution in [1.82, 2.24) is 5.32 Å². The van der Waals surface area contributed by atoms with Gasteiger partial charge in [0.25, 0.3) is 0 Å². The lowest BCUT2D eigenvalue weighted by Gasteiger charge is -2.26. The van der Waals surface area contributed by atoms with Gasteiger partial charge in [-0.15, -0.1) is 11.8 Å². The summed E-state index contributed by atoms with van der Waals surface area (Å²) in [6.07, 6.45) is 5.56. The van der Waals surface area contributed by atoms with Gasteiger partial charge in [-0.3, -0.25) is 0 Å². The molecule has 1 aliphatic carbocycles. The molecule has 1 nitrogen and oxygen atoms in total. The molecule has 1 N–H and O–H groups in total. The minimum absolute atomic E-state index is 0.805. The summed E-state index contributed by atoms with van der Waals surface area (Å²) >= 11 is 5.79. The van der Waals surface area contributed by atoms with Gasteiger partial charge in [0.2, 0.25) is 0 Å². The zero-order valence-electron chi connectivity index (χ0n) is 11.9. The lowest BCUT2D eigenvalue weighted by Crippen LogP contribution is -2.15. The first-order valence-electron chi connectivity index (χ1n) is 7.34. The fourth-order valence-electron chi connectivity index (χ4n) is 2.68. The van der Waals surface area contributed by atoms with Crippen LogP contribution in [0.3, 0.4) is 0 Å². The maximum Gasteiger partial charge on any atom is 0.0314 e. The molecule has 1 saturated carbocycles. The third-order valence-electron chi connectivity index (χ3n) is 3.76. The Bertz CT molecular complexity index is 408. The van der Waals surface area contributed by atoms with Crippen molar-refractivity contribution in [3.63, 3.8) is 0 Å². The summed E-state index contributed by atoms with van der Waals surface area (Å²) in [6, 6.07) is 6.79. The molecule has 0 saturated heterocycles. The van der Waals surface area contributed by atoms with Gasteiger partial charge < -0.3 is 5.32 Å². The number of thioether (sulfide) groups is 1. The Hall–Kier alpha value is 0.01000. The van der Waals surface area contributed by atoms with Crippen LogP contribution in [0.25, 0.3) is 0 Å². The third-order valence-corrected chi connectivity index (χ3v) is 6.05. The smallest absolute Gasteiger partial charge is 0.0314 e. The van der Waals surface area contributed by atoms with Gasteiger partial charge in [-0.25, -0.2) is 0 Å². The SMILES string of the molecule is CCNCc1ccc(SC2CCCC(C)C2)c(Br)c1. The Kier molecular flexibility index (Phi) is 6.24. The van der Waals surface area contributed by atoms with E-state index >= 15 is 0 Å². The highest BCUT2D eigenvalue weighted by Gasteiger charge is 2.20. The average molecular weight is 342 g/mol. The molecular formula is C16H24BrNS. The topological polar surface area (TPSA) is 12.0 Å². The Morgan fingerprint density at radius 3 is 2.89 bits per heavy atom. The molecule has 19 heavy (non-hydrogen) atoms. The van der Waals surface area contributed by atoms with Crippen LogP contribution in [0, 0.1) is 5.92 Å². The van der Waals surface area contributed by atoms with E-state index in [0.29, 0.717) is 0 Å². The van der Waals surface area contributed by atoms with E-state index in [0.717, 1.165) is 24.3 Å². The monoisotopic (exact) mass is 341 g/mol. The summed E-state index contributed by atoms with van der Waals surface area (Å²) in [5.74, 6) is 0.901. The van der Waals surface area contributed by atoms with Gasteiger partial charge in [0.1, 0.15) is 0 Å². The molecule has 2 rings (SSSR count). The van der Waals surface area contributed by atoms with Crippen molar-refractivity contribution >= 4 is 27.7 Å². The van der Waals surface area contributed by atoms with Crippen molar-refractivity contribution < 1.29 is 0 Å². The van der Waals surface area contributed by atoms with Crippen LogP contribution >= 0.6 is 27.7 Å². The van der Waals surface area contributed by atoms with E-state index in [9.17, 15) is 0 Å². The summed E-state index contributed by atoms with van der Waals surface area (Å²) in [5.41, 5.74) is 1.36. The van der Waals surface area contributed by atoms with Crippen molar-refractivity contribution in [2.45, 2.75) is 56.2 Å². The normalized spacial score (nSPS) is 23.5. The Balaban J connectivity index is 1.96. The van der Waals surface area contributed by atoms with Crippen molar-refractivity contribution in [3.05, 3.63) is 28.2 Å². The minimum Gasteiger partial charge on any atom is -0.313 e. The number of rotatable bonds is 5. The van der Waals surface area contributed by atoms with Crippen LogP contribution in [0.2, 0.25) is 0 Å². The van der Waals surface area contributed by atoms with E-state index in [4.69, 9.17) is 0 Å². The molecule has 0 amide bonds. The zero-order chi connectivity index (χ0) is 13.7. The Morgan fingerprint density at radius 1 is 1.37 bits per heavy atom. The molecule has 106 valence electrons. The molecule has 3 heteroatoms.